The second-order valence-corrected chi connectivity index (χ2v) is 4.91. The van der Waals surface area contributed by atoms with Crippen LogP contribution >= 0.6 is 0 Å². The molecule has 0 atom stereocenters. The molecule has 2 N–H and O–H groups in total. The van der Waals surface area contributed by atoms with Gasteiger partial charge in [0.15, 0.2) is 0 Å². The third-order valence-corrected chi connectivity index (χ3v) is 3.30. The normalized spacial score (nSPS) is 10.5. The van der Waals surface area contributed by atoms with Gasteiger partial charge >= 0.3 is 0 Å². The summed E-state index contributed by atoms with van der Waals surface area (Å²) in [6.45, 7) is 1.15. The van der Waals surface area contributed by atoms with E-state index in [1.54, 1.807) is 18.5 Å². The largest absolute Gasteiger partial charge is 0.494 e. The SMILES string of the molecule is O=C(NCCCOc1ccccc1)c1ccc2nc[nH]c2c1. The van der Waals surface area contributed by atoms with Gasteiger partial charge in [0.1, 0.15) is 5.75 Å². The minimum Gasteiger partial charge on any atom is -0.494 e. The third-order valence-electron chi connectivity index (χ3n) is 3.30. The van der Waals surface area contributed by atoms with Crippen LogP contribution in [0.1, 0.15) is 16.8 Å². The first-order valence-electron chi connectivity index (χ1n) is 7.22. The van der Waals surface area contributed by atoms with E-state index >= 15 is 0 Å². The van der Waals surface area contributed by atoms with Crippen molar-refractivity contribution in [2.45, 2.75) is 6.42 Å². The van der Waals surface area contributed by atoms with E-state index in [-0.39, 0.29) is 5.91 Å². The number of carbonyl (C=O) groups is 1. The molecule has 5 nitrogen and oxygen atoms in total. The van der Waals surface area contributed by atoms with E-state index in [1.807, 2.05) is 36.4 Å². The Morgan fingerprint density at radius 3 is 2.91 bits per heavy atom. The first-order valence-corrected chi connectivity index (χ1v) is 7.22. The topological polar surface area (TPSA) is 67.0 Å². The fraction of sp³-hybridized carbons (Fsp3) is 0.176. The van der Waals surface area contributed by atoms with Crippen molar-refractivity contribution >= 4 is 16.9 Å². The zero-order valence-electron chi connectivity index (χ0n) is 12.1. The van der Waals surface area contributed by atoms with Crippen LogP contribution in [0.4, 0.5) is 0 Å². The number of H-pyrrole nitrogens is 1. The first-order chi connectivity index (χ1) is 10.8. The molecule has 3 aromatic rings. The summed E-state index contributed by atoms with van der Waals surface area (Å²) >= 11 is 0. The fourth-order valence-electron chi connectivity index (χ4n) is 2.16. The molecule has 0 unspecified atom stereocenters. The van der Waals surface area contributed by atoms with Gasteiger partial charge in [0.05, 0.1) is 24.0 Å². The van der Waals surface area contributed by atoms with Crippen molar-refractivity contribution in [2.75, 3.05) is 13.2 Å². The summed E-state index contributed by atoms with van der Waals surface area (Å²) in [4.78, 5) is 19.2. The number of hydrogen-bond donors (Lipinski definition) is 2. The summed E-state index contributed by atoms with van der Waals surface area (Å²) in [6, 6.07) is 15.1. The number of carbonyl (C=O) groups excluding carboxylic acids is 1. The Hall–Kier alpha value is -2.82. The average Bonchev–Trinajstić information content (AvgIpc) is 3.03. The zero-order chi connectivity index (χ0) is 15.2. The quantitative estimate of drug-likeness (QED) is 0.687. The highest BCUT2D eigenvalue weighted by Gasteiger charge is 2.06. The number of imidazole rings is 1. The van der Waals surface area contributed by atoms with Gasteiger partial charge in [-0.15, -0.1) is 0 Å². The molecular formula is C17H17N3O2. The van der Waals surface area contributed by atoms with Gasteiger partial charge < -0.3 is 15.0 Å². The predicted molar refractivity (Wildman–Crippen MR) is 85.0 cm³/mol. The van der Waals surface area contributed by atoms with Crippen LogP contribution in [-0.4, -0.2) is 29.0 Å². The van der Waals surface area contributed by atoms with Gasteiger partial charge in [-0.25, -0.2) is 4.98 Å². The zero-order valence-corrected chi connectivity index (χ0v) is 12.1. The summed E-state index contributed by atoms with van der Waals surface area (Å²) in [5, 5.41) is 2.89. The number of fused-ring (bicyclic) bond motifs is 1. The molecule has 0 bridgehead atoms. The van der Waals surface area contributed by atoms with Crippen LogP contribution in [0.2, 0.25) is 0 Å². The van der Waals surface area contributed by atoms with E-state index in [4.69, 9.17) is 4.74 Å². The van der Waals surface area contributed by atoms with Crippen LogP contribution in [-0.2, 0) is 0 Å². The molecule has 5 heteroatoms. The molecule has 0 aliphatic rings. The monoisotopic (exact) mass is 295 g/mol. The van der Waals surface area contributed by atoms with Crippen molar-refractivity contribution in [1.82, 2.24) is 15.3 Å². The van der Waals surface area contributed by atoms with Crippen LogP contribution in [0.3, 0.4) is 0 Å². The Morgan fingerprint density at radius 2 is 2.05 bits per heavy atom. The molecule has 22 heavy (non-hydrogen) atoms. The predicted octanol–water partition coefficient (Wildman–Crippen LogP) is 2.76. The molecule has 0 radical (unpaired) electrons. The van der Waals surface area contributed by atoms with Crippen molar-refractivity contribution in [3.05, 3.63) is 60.4 Å². The summed E-state index contributed by atoms with van der Waals surface area (Å²) in [5.74, 6) is 0.759. The number of rotatable bonds is 6. The van der Waals surface area contributed by atoms with Gasteiger partial charge in [-0.2, -0.15) is 0 Å². The lowest BCUT2D eigenvalue weighted by Gasteiger charge is -2.07. The molecule has 0 aliphatic heterocycles. The van der Waals surface area contributed by atoms with Gasteiger partial charge in [0.2, 0.25) is 0 Å². The van der Waals surface area contributed by atoms with Gasteiger partial charge in [0.25, 0.3) is 5.91 Å². The van der Waals surface area contributed by atoms with E-state index in [1.165, 1.54) is 0 Å². The van der Waals surface area contributed by atoms with Crippen LogP contribution in [0.15, 0.2) is 54.9 Å². The van der Waals surface area contributed by atoms with E-state index in [0.717, 1.165) is 23.2 Å². The van der Waals surface area contributed by atoms with E-state index in [9.17, 15) is 4.79 Å². The Labute approximate surface area is 128 Å². The number of benzene rings is 2. The molecule has 1 amide bonds. The Morgan fingerprint density at radius 1 is 1.18 bits per heavy atom. The number of amides is 1. The lowest BCUT2D eigenvalue weighted by atomic mass is 10.2. The molecule has 2 aromatic carbocycles. The summed E-state index contributed by atoms with van der Waals surface area (Å²) in [7, 11) is 0. The first kappa shape index (κ1) is 14.1. The molecule has 0 aliphatic carbocycles. The lowest BCUT2D eigenvalue weighted by molar-refractivity contribution is 0.0951. The smallest absolute Gasteiger partial charge is 0.251 e. The molecule has 112 valence electrons. The Balaban J connectivity index is 1.44. The summed E-state index contributed by atoms with van der Waals surface area (Å²) in [6.07, 6.45) is 2.38. The maximum Gasteiger partial charge on any atom is 0.251 e. The van der Waals surface area contributed by atoms with Crippen molar-refractivity contribution in [1.29, 1.82) is 0 Å². The van der Waals surface area contributed by atoms with Crippen LogP contribution in [0, 0.1) is 0 Å². The standard InChI is InChI=1S/C17H17N3O2/c21-17(13-7-8-15-16(11-13)20-12-19-15)18-9-4-10-22-14-5-2-1-3-6-14/h1-3,5-8,11-12H,4,9-10H2,(H,18,21)(H,19,20). The molecule has 0 fully saturated rings. The summed E-state index contributed by atoms with van der Waals surface area (Å²) in [5.41, 5.74) is 2.34. The van der Waals surface area contributed by atoms with Gasteiger partial charge in [-0.05, 0) is 36.8 Å². The molecule has 1 heterocycles. The minimum atomic E-state index is -0.0868. The van der Waals surface area contributed by atoms with Crippen molar-refractivity contribution in [3.8, 4) is 5.75 Å². The fourth-order valence-corrected chi connectivity index (χ4v) is 2.16. The highest BCUT2D eigenvalue weighted by atomic mass is 16.5. The van der Waals surface area contributed by atoms with E-state index in [0.29, 0.717) is 18.7 Å². The average molecular weight is 295 g/mol. The van der Waals surface area contributed by atoms with Crippen LogP contribution in [0.25, 0.3) is 11.0 Å². The molecule has 0 spiro atoms. The molecule has 0 saturated carbocycles. The van der Waals surface area contributed by atoms with Gasteiger partial charge in [-0.3, -0.25) is 4.79 Å². The van der Waals surface area contributed by atoms with Gasteiger partial charge in [0, 0.05) is 12.1 Å². The van der Waals surface area contributed by atoms with Crippen LogP contribution < -0.4 is 10.1 Å². The van der Waals surface area contributed by atoms with Crippen molar-refractivity contribution in [2.24, 2.45) is 0 Å². The van der Waals surface area contributed by atoms with Crippen LogP contribution in [0.5, 0.6) is 5.75 Å². The second-order valence-electron chi connectivity index (χ2n) is 4.91. The number of aromatic amines is 1. The highest BCUT2D eigenvalue weighted by molar-refractivity contribution is 5.97. The number of hydrogen-bond acceptors (Lipinski definition) is 3. The van der Waals surface area contributed by atoms with E-state index in [2.05, 4.69) is 15.3 Å². The Kier molecular flexibility index (Phi) is 4.34. The summed E-state index contributed by atoms with van der Waals surface area (Å²) < 4.78 is 5.58. The second kappa shape index (κ2) is 6.76. The highest BCUT2D eigenvalue weighted by Crippen LogP contribution is 2.11. The van der Waals surface area contributed by atoms with Crippen molar-refractivity contribution in [3.63, 3.8) is 0 Å². The Bertz CT molecular complexity index is 753. The molecule has 1 aromatic heterocycles. The number of nitrogens with zero attached hydrogens (tertiary/aromatic N) is 1. The number of para-hydroxylation sites is 1. The van der Waals surface area contributed by atoms with Gasteiger partial charge in [-0.1, -0.05) is 18.2 Å². The molecule has 3 rings (SSSR count). The number of ether oxygens (including phenoxy) is 1. The van der Waals surface area contributed by atoms with Crippen molar-refractivity contribution < 1.29 is 9.53 Å². The molecule has 0 saturated heterocycles. The number of nitrogens with one attached hydrogen (secondary N) is 2. The number of aromatic nitrogens is 2. The minimum absolute atomic E-state index is 0.0868. The lowest BCUT2D eigenvalue weighted by Crippen LogP contribution is -2.25. The molecular weight excluding hydrogens is 278 g/mol. The maximum absolute atomic E-state index is 12.1. The van der Waals surface area contributed by atoms with E-state index < -0.39 is 0 Å². The third kappa shape index (κ3) is 3.44. The maximum atomic E-state index is 12.1.